The van der Waals surface area contributed by atoms with Crippen molar-refractivity contribution in [2.24, 2.45) is 0 Å². The summed E-state index contributed by atoms with van der Waals surface area (Å²) in [5.41, 5.74) is 6.53. The smallest absolute Gasteiger partial charge is 0.242 e. The van der Waals surface area contributed by atoms with E-state index < -0.39 is 0 Å². The number of thioether (sulfide) groups is 1. The quantitative estimate of drug-likeness (QED) is 0.864. The van der Waals surface area contributed by atoms with Crippen LogP contribution in [0.4, 0.5) is 11.5 Å². The summed E-state index contributed by atoms with van der Waals surface area (Å²) in [4.78, 5) is 8.27. The van der Waals surface area contributed by atoms with Gasteiger partial charge in [-0.3, -0.25) is 0 Å². The molecule has 0 aliphatic heterocycles. The Morgan fingerprint density at radius 1 is 1.37 bits per heavy atom. The van der Waals surface area contributed by atoms with E-state index in [1.54, 1.807) is 0 Å². The third kappa shape index (κ3) is 3.65. The molecule has 0 atom stereocenters. The van der Waals surface area contributed by atoms with Gasteiger partial charge in [0.15, 0.2) is 5.82 Å². The number of rotatable bonds is 5. The van der Waals surface area contributed by atoms with E-state index in [0.29, 0.717) is 30.0 Å². The summed E-state index contributed by atoms with van der Waals surface area (Å²) in [5.74, 6) is 1.17. The highest BCUT2D eigenvalue weighted by Gasteiger charge is 2.21. The lowest BCUT2D eigenvalue weighted by Crippen LogP contribution is -2.28. The Morgan fingerprint density at radius 3 is 2.74 bits per heavy atom. The predicted octanol–water partition coefficient (Wildman–Crippen LogP) is 2.54. The predicted molar refractivity (Wildman–Crippen MR) is 80.8 cm³/mol. The molecule has 2 rings (SSSR count). The fourth-order valence-corrected chi connectivity index (χ4v) is 3.13. The topological polar surface area (TPSA) is 73.1 Å². The molecular formula is C13H22N4OS. The first-order chi connectivity index (χ1) is 9.24. The van der Waals surface area contributed by atoms with Gasteiger partial charge in [-0.15, -0.1) is 0 Å². The summed E-state index contributed by atoms with van der Waals surface area (Å²) < 4.78 is 5.38. The summed E-state index contributed by atoms with van der Waals surface area (Å²) in [6.45, 7) is 2.47. The zero-order valence-corrected chi connectivity index (χ0v) is 12.4. The van der Waals surface area contributed by atoms with Crippen molar-refractivity contribution < 1.29 is 4.74 Å². The van der Waals surface area contributed by atoms with Crippen LogP contribution >= 0.6 is 11.8 Å². The van der Waals surface area contributed by atoms with Crippen LogP contribution in [-0.2, 0) is 0 Å². The monoisotopic (exact) mass is 282 g/mol. The molecule has 5 nitrogen and oxygen atoms in total. The molecular weight excluding hydrogens is 260 g/mol. The minimum Gasteiger partial charge on any atom is -0.476 e. The third-order valence-corrected chi connectivity index (χ3v) is 4.61. The molecule has 1 aromatic rings. The van der Waals surface area contributed by atoms with Crippen molar-refractivity contribution >= 4 is 23.3 Å². The molecule has 19 heavy (non-hydrogen) atoms. The van der Waals surface area contributed by atoms with Crippen molar-refractivity contribution in [2.75, 3.05) is 23.9 Å². The molecule has 0 spiro atoms. The van der Waals surface area contributed by atoms with E-state index in [0.717, 1.165) is 5.25 Å². The second kappa shape index (κ2) is 6.84. The molecule has 6 heteroatoms. The van der Waals surface area contributed by atoms with Gasteiger partial charge in [-0.05, 0) is 38.9 Å². The van der Waals surface area contributed by atoms with Gasteiger partial charge in [0.05, 0.1) is 6.61 Å². The molecule has 1 heterocycles. The Balaban J connectivity index is 1.98. The van der Waals surface area contributed by atoms with Crippen molar-refractivity contribution in [1.82, 2.24) is 9.97 Å². The highest BCUT2D eigenvalue weighted by atomic mass is 32.2. The normalized spacial score (nSPS) is 23.1. The van der Waals surface area contributed by atoms with E-state index >= 15 is 0 Å². The number of ether oxygens (including phenoxy) is 1. The number of nitrogens with zero attached hydrogens (tertiary/aromatic N) is 2. The number of hydrogen-bond donors (Lipinski definition) is 2. The van der Waals surface area contributed by atoms with Crippen LogP contribution in [0.5, 0.6) is 5.88 Å². The van der Waals surface area contributed by atoms with Crippen molar-refractivity contribution in [2.45, 2.75) is 43.9 Å². The zero-order valence-electron chi connectivity index (χ0n) is 11.6. The van der Waals surface area contributed by atoms with Gasteiger partial charge in [0.1, 0.15) is 12.0 Å². The molecule has 1 aromatic heterocycles. The van der Waals surface area contributed by atoms with Crippen LogP contribution in [0.2, 0.25) is 0 Å². The second-order valence-corrected chi connectivity index (χ2v) is 5.87. The third-order valence-electron chi connectivity index (χ3n) is 3.48. The summed E-state index contributed by atoms with van der Waals surface area (Å²) in [6, 6.07) is 0.454. The molecule has 0 radical (unpaired) electrons. The van der Waals surface area contributed by atoms with Crippen LogP contribution in [-0.4, -0.2) is 34.1 Å². The van der Waals surface area contributed by atoms with Gasteiger partial charge >= 0.3 is 0 Å². The number of hydrogen-bond acceptors (Lipinski definition) is 6. The van der Waals surface area contributed by atoms with Crippen LogP contribution in [0, 0.1) is 0 Å². The molecule has 0 aromatic carbocycles. The number of nitrogens with two attached hydrogens (primary N) is 1. The maximum absolute atomic E-state index is 6.02. The molecule has 1 fully saturated rings. The zero-order chi connectivity index (χ0) is 13.7. The first-order valence-electron chi connectivity index (χ1n) is 6.77. The first-order valence-corrected chi connectivity index (χ1v) is 8.06. The minimum atomic E-state index is 0.454. The lowest BCUT2D eigenvalue weighted by Gasteiger charge is -2.28. The van der Waals surface area contributed by atoms with Crippen LogP contribution in [0.15, 0.2) is 6.33 Å². The van der Waals surface area contributed by atoms with Gasteiger partial charge in [-0.25, -0.2) is 4.98 Å². The van der Waals surface area contributed by atoms with Crippen LogP contribution in [0.3, 0.4) is 0 Å². The Labute approximate surface area is 118 Å². The van der Waals surface area contributed by atoms with Gasteiger partial charge < -0.3 is 15.8 Å². The Bertz CT molecular complexity index is 408. The highest BCUT2D eigenvalue weighted by molar-refractivity contribution is 7.99. The second-order valence-electron chi connectivity index (χ2n) is 4.73. The van der Waals surface area contributed by atoms with Crippen LogP contribution in [0.25, 0.3) is 0 Å². The number of nitrogen functional groups attached to an aromatic ring is 1. The van der Waals surface area contributed by atoms with Gasteiger partial charge in [0.2, 0.25) is 5.88 Å². The molecule has 1 aliphatic rings. The molecule has 0 bridgehead atoms. The first kappa shape index (κ1) is 14.2. The van der Waals surface area contributed by atoms with E-state index in [-0.39, 0.29) is 0 Å². The van der Waals surface area contributed by atoms with Gasteiger partial charge in [-0.1, -0.05) is 0 Å². The van der Waals surface area contributed by atoms with Crippen molar-refractivity contribution in [3.63, 3.8) is 0 Å². The van der Waals surface area contributed by atoms with E-state index in [4.69, 9.17) is 10.5 Å². The molecule has 1 saturated carbocycles. The lowest BCUT2D eigenvalue weighted by atomic mass is 9.95. The summed E-state index contributed by atoms with van der Waals surface area (Å²) in [7, 11) is 0. The Hall–Kier alpha value is -1.17. The number of aromatic nitrogens is 2. The van der Waals surface area contributed by atoms with E-state index in [9.17, 15) is 0 Å². The number of nitrogens with one attached hydrogen (secondary N) is 1. The fourth-order valence-electron chi connectivity index (χ4n) is 2.38. The van der Waals surface area contributed by atoms with E-state index in [1.165, 1.54) is 32.0 Å². The maximum atomic E-state index is 6.02. The summed E-state index contributed by atoms with van der Waals surface area (Å²) >= 11 is 1.97. The maximum Gasteiger partial charge on any atom is 0.242 e. The van der Waals surface area contributed by atoms with E-state index in [1.807, 2.05) is 18.7 Å². The number of anilines is 2. The molecule has 3 N–H and O–H groups in total. The van der Waals surface area contributed by atoms with Crippen molar-refractivity contribution in [3.05, 3.63) is 6.33 Å². The van der Waals surface area contributed by atoms with Gasteiger partial charge in [-0.2, -0.15) is 16.7 Å². The molecule has 0 saturated heterocycles. The minimum absolute atomic E-state index is 0.454. The molecule has 0 amide bonds. The van der Waals surface area contributed by atoms with E-state index in [2.05, 4.69) is 21.5 Å². The molecule has 0 unspecified atom stereocenters. The summed E-state index contributed by atoms with van der Waals surface area (Å²) in [6.07, 6.45) is 8.52. The van der Waals surface area contributed by atoms with Crippen LogP contribution < -0.4 is 15.8 Å². The standard InChI is InChI=1S/C13H22N4OS/c1-3-18-13-11(14)12(15-8-16-13)17-9-4-6-10(19-2)7-5-9/h8-10H,3-7,14H2,1-2H3,(H,15,16,17). The van der Waals surface area contributed by atoms with Gasteiger partial charge in [0, 0.05) is 11.3 Å². The Morgan fingerprint density at radius 2 is 2.11 bits per heavy atom. The fraction of sp³-hybridized carbons (Fsp3) is 0.692. The van der Waals surface area contributed by atoms with Crippen molar-refractivity contribution in [3.8, 4) is 5.88 Å². The highest BCUT2D eigenvalue weighted by Crippen LogP contribution is 2.31. The largest absolute Gasteiger partial charge is 0.476 e. The molecule has 1 aliphatic carbocycles. The SMILES string of the molecule is CCOc1ncnc(NC2CCC(SC)CC2)c1N. The summed E-state index contributed by atoms with van der Waals surface area (Å²) in [5, 5.41) is 4.23. The Kier molecular flexibility index (Phi) is 5.13. The van der Waals surface area contributed by atoms with Crippen molar-refractivity contribution in [1.29, 1.82) is 0 Å². The van der Waals surface area contributed by atoms with Crippen LogP contribution in [0.1, 0.15) is 32.6 Å². The molecule has 106 valence electrons. The van der Waals surface area contributed by atoms with Gasteiger partial charge in [0.25, 0.3) is 0 Å². The lowest BCUT2D eigenvalue weighted by molar-refractivity contribution is 0.328. The average Bonchev–Trinajstić information content (AvgIpc) is 2.44. The average molecular weight is 282 g/mol.